The van der Waals surface area contributed by atoms with Gasteiger partial charge in [0.15, 0.2) is 15.6 Å². The second-order valence-corrected chi connectivity index (χ2v) is 10.9. The summed E-state index contributed by atoms with van der Waals surface area (Å²) in [5.41, 5.74) is 1.02. The van der Waals surface area contributed by atoms with Crippen molar-refractivity contribution >= 4 is 15.7 Å². The molecular weight excluding hydrogens is 444 g/mol. The Balaban J connectivity index is 1.59. The molecule has 8 nitrogen and oxygen atoms in total. The second kappa shape index (κ2) is 8.02. The molecule has 0 spiro atoms. The maximum Gasteiger partial charge on any atom is 0.387 e. The molecule has 174 valence electrons. The zero-order valence-electron chi connectivity index (χ0n) is 18.0. The number of nitrogens with zero attached hydrogens (tertiary/aromatic N) is 2. The predicted molar refractivity (Wildman–Crippen MR) is 113 cm³/mol. The van der Waals surface area contributed by atoms with Gasteiger partial charge in [0.05, 0.1) is 28.7 Å². The number of hydrogen-bond acceptors (Lipinski definition) is 6. The fraction of sp³-hybridized carbons (Fsp3) is 0.524. The van der Waals surface area contributed by atoms with Crippen molar-refractivity contribution in [2.75, 3.05) is 18.1 Å². The Morgan fingerprint density at radius 1 is 1.34 bits per heavy atom. The maximum absolute atomic E-state index is 12.8. The van der Waals surface area contributed by atoms with Crippen molar-refractivity contribution in [1.82, 2.24) is 15.1 Å². The van der Waals surface area contributed by atoms with Gasteiger partial charge in [-0.15, -0.1) is 0 Å². The van der Waals surface area contributed by atoms with Crippen molar-refractivity contribution in [3.05, 3.63) is 30.0 Å². The van der Waals surface area contributed by atoms with Gasteiger partial charge in [0.1, 0.15) is 18.1 Å². The van der Waals surface area contributed by atoms with Crippen molar-refractivity contribution in [2.24, 2.45) is 5.92 Å². The van der Waals surface area contributed by atoms with E-state index in [9.17, 15) is 22.0 Å². The minimum absolute atomic E-state index is 0.0158. The number of benzene rings is 1. The van der Waals surface area contributed by atoms with Gasteiger partial charge in [-0.05, 0) is 32.9 Å². The quantitative estimate of drug-likeness (QED) is 0.698. The third kappa shape index (κ3) is 4.43. The molecule has 1 N–H and O–H groups in total. The Bertz CT molecular complexity index is 1130. The molecule has 2 aliphatic rings. The van der Waals surface area contributed by atoms with Gasteiger partial charge >= 0.3 is 6.61 Å². The minimum atomic E-state index is -3.09. The summed E-state index contributed by atoms with van der Waals surface area (Å²) in [7, 11) is -3.09. The van der Waals surface area contributed by atoms with Crippen LogP contribution in [0.3, 0.4) is 0 Å². The van der Waals surface area contributed by atoms with E-state index < -0.39 is 27.9 Å². The first-order valence-electron chi connectivity index (χ1n) is 10.3. The smallest absolute Gasteiger partial charge is 0.387 e. The molecule has 0 bridgehead atoms. The summed E-state index contributed by atoms with van der Waals surface area (Å²) in [4.78, 5) is 12.8. The molecule has 0 aliphatic carbocycles. The molecule has 1 amide bonds. The van der Waals surface area contributed by atoms with E-state index in [1.54, 1.807) is 23.7 Å². The fourth-order valence-electron chi connectivity index (χ4n) is 4.27. The lowest BCUT2D eigenvalue weighted by atomic mass is 9.96. The largest absolute Gasteiger partial charge is 0.488 e. The number of rotatable bonds is 6. The van der Waals surface area contributed by atoms with Crippen LogP contribution in [0.2, 0.25) is 0 Å². The summed E-state index contributed by atoms with van der Waals surface area (Å²) >= 11 is 0. The monoisotopic (exact) mass is 469 g/mol. The zero-order valence-corrected chi connectivity index (χ0v) is 18.8. The lowest BCUT2D eigenvalue weighted by molar-refractivity contribution is -0.127. The molecule has 0 saturated carbocycles. The fourth-order valence-corrected chi connectivity index (χ4v) is 6.27. The zero-order chi connectivity index (χ0) is 23.3. The van der Waals surface area contributed by atoms with E-state index in [2.05, 4.69) is 15.2 Å². The number of ether oxygens (including phenoxy) is 2. The van der Waals surface area contributed by atoms with Gasteiger partial charge in [0.2, 0.25) is 5.91 Å². The first-order chi connectivity index (χ1) is 15.0. The summed E-state index contributed by atoms with van der Waals surface area (Å²) in [6.07, 6.45) is 0.363. The first kappa shape index (κ1) is 22.5. The van der Waals surface area contributed by atoms with Gasteiger partial charge in [-0.25, -0.2) is 8.42 Å². The normalized spacial score (nSPS) is 20.9. The molecule has 2 aliphatic heterocycles. The van der Waals surface area contributed by atoms with Gasteiger partial charge in [0, 0.05) is 18.0 Å². The number of alkyl halides is 2. The molecule has 32 heavy (non-hydrogen) atoms. The number of carbonyl (C=O) groups excluding carboxylic acids is 1. The molecule has 1 aromatic carbocycles. The Labute approximate surface area is 184 Å². The van der Waals surface area contributed by atoms with Gasteiger partial charge in [-0.3, -0.25) is 9.48 Å². The summed E-state index contributed by atoms with van der Waals surface area (Å²) in [5.74, 6) is -0.390. The number of hydrogen-bond donors (Lipinski definition) is 1. The van der Waals surface area contributed by atoms with Gasteiger partial charge in [-0.1, -0.05) is 12.1 Å². The highest BCUT2D eigenvalue weighted by molar-refractivity contribution is 7.93. The molecule has 1 saturated heterocycles. The Morgan fingerprint density at radius 2 is 2.06 bits per heavy atom. The SMILES string of the molecule is CC(C)n1nc(-c2cccc(OC(F)F)c2)c2c1C[C@@H](C(=O)NC1(C)CS(=O)(=O)C1)CO2. The molecule has 0 radical (unpaired) electrons. The van der Waals surface area contributed by atoms with Crippen LogP contribution in [0.25, 0.3) is 11.3 Å². The molecule has 4 rings (SSSR count). The standard InChI is InChI=1S/C21H25F2N3O5S/c1-12(2)26-16-8-14(19(27)24-21(3)10-32(28,29)11-21)9-30-18(16)17(25-26)13-5-4-6-15(7-13)31-20(22)23/h4-7,12,14,20H,8-11H2,1-3H3,(H,24,27)/t14-/m1/s1. The van der Waals surface area contributed by atoms with E-state index >= 15 is 0 Å². The van der Waals surface area contributed by atoms with E-state index in [4.69, 9.17) is 4.74 Å². The van der Waals surface area contributed by atoms with Crippen LogP contribution < -0.4 is 14.8 Å². The van der Waals surface area contributed by atoms with Crippen LogP contribution in [0.1, 0.15) is 32.5 Å². The van der Waals surface area contributed by atoms with E-state index in [0.29, 0.717) is 23.4 Å². The van der Waals surface area contributed by atoms with E-state index in [1.165, 1.54) is 12.1 Å². The third-order valence-electron chi connectivity index (χ3n) is 5.52. The molecule has 0 unspecified atom stereocenters. The highest BCUT2D eigenvalue weighted by Gasteiger charge is 2.47. The van der Waals surface area contributed by atoms with Gasteiger partial charge < -0.3 is 14.8 Å². The topological polar surface area (TPSA) is 99.5 Å². The first-order valence-corrected chi connectivity index (χ1v) is 12.1. The van der Waals surface area contributed by atoms with Crippen LogP contribution >= 0.6 is 0 Å². The number of halogens is 2. The summed E-state index contributed by atoms with van der Waals surface area (Å²) in [6, 6.07) is 6.20. The Kier molecular flexibility index (Phi) is 5.64. The molecule has 3 heterocycles. The molecule has 11 heteroatoms. The Hall–Kier alpha value is -2.69. The van der Waals surface area contributed by atoms with Crippen LogP contribution in [0, 0.1) is 5.92 Å². The van der Waals surface area contributed by atoms with Crippen molar-refractivity contribution in [3.8, 4) is 22.8 Å². The number of aromatic nitrogens is 2. The molecule has 1 atom stereocenters. The van der Waals surface area contributed by atoms with E-state index in [1.807, 2.05) is 13.8 Å². The van der Waals surface area contributed by atoms with Crippen LogP contribution in [-0.4, -0.2) is 54.4 Å². The van der Waals surface area contributed by atoms with Crippen molar-refractivity contribution in [1.29, 1.82) is 0 Å². The number of fused-ring (bicyclic) bond motifs is 1. The summed E-state index contributed by atoms with van der Waals surface area (Å²) in [6.45, 7) is 2.77. The molecular formula is C21H25F2N3O5S. The number of sulfone groups is 1. The Morgan fingerprint density at radius 3 is 2.69 bits per heavy atom. The summed E-state index contributed by atoms with van der Waals surface area (Å²) in [5, 5.41) is 7.48. The average Bonchev–Trinajstić information content (AvgIpc) is 3.05. The van der Waals surface area contributed by atoms with Crippen molar-refractivity contribution < 1.29 is 31.5 Å². The lowest BCUT2D eigenvalue weighted by Crippen LogP contribution is -2.64. The van der Waals surface area contributed by atoms with Crippen LogP contribution in [0.4, 0.5) is 8.78 Å². The summed E-state index contributed by atoms with van der Waals surface area (Å²) < 4.78 is 60.5. The average molecular weight is 470 g/mol. The number of carbonyl (C=O) groups is 1. The predicted octanol–water partition coefficient (Wildman–Crippen LogP) is 2.59. The van der Waals surface area contributed by atoms with Crippen molar-refractivity contribution in [2.45, 2.75) is 45.4 Å². The molecule has 2 aromatic rings. The lowest BCUT2D eigenvalue weighted by Gasteiger charge is -2.39. The van der Waals surface area contributed by atoms with Crippen LogP contribution in [0.5, 0.6) is 11.5 Å². The van der Waals surface area contributed by atoms with Gasteiger partial charge in [-0.2, -0.15) is 13.9 Å². The highest BCUT2D eigenvalue weighted by Crippen LogP contribution is 2.39. The second-order valence-electron chi connectivity index (χ2n) is 8.86. The molecule has 1 fully saturated rings. The third-order valence-corrected chi connectivity index (χ3v) is 7.68. The minimum Gasteiger partial charge on any atom is -0.488 e. The molecule has 1 aromatic heterocycles. The van der Waals surface area contributed by atoms with Gasteiger partial charge in [0.25, 0.3) is 0 Å². The highest BCUT2D eigenvalue weighted by atomic mass is 32.2. The van der Waals surface area contributed by atoms with E-state index in [0.717, 1.165) is 5.69 Å². The van der Waals surface area contributed by atoms with Crippen LogP contribution in [0.15, 0.2) is 24.3 Å². The van der Waals surface area contributed by atoms with Crippen LogP contribution in [-0.2, 0) is 21.1 Å². The number of amides is 1. The van der Waals surface area contributed by atoms with E-state index in [-0.39, 0.29) is 35.8 Å². The van der Waals surface area contributed by atoms with Crippen molar-refractivity contribution in [3.63, 3.8) is 0 Å². The number of nitrogens with one attached hydrogen (secondary N) is 1. The maximum atomic E-state index is 12.8.